The SMILES string of the molecule is CN(C(=O)COc1cc(Cl)c(Cl)cc1Cl)c1ccc([N+](=O)[O-])cc1. The number of carbonyl (C=O) groups is 1. The summed E-state index contributed by atoms with van der Waals surface area (Å²) in [7, 11) is 1.53. The van der Waals surface area contributed by atoms with Gasteiger partial charge in [-0.05, 0) is 18.2 Å². The maximum atomic E-state index is 12.2. The van der Waals surface area contributed by atoms with Crippen LogP contribution in [0.25, 0.3) is 0 Å². The molecule has 0 heterocycles. The Morgan fingerprint density at radius 2 is 1.71 bits per heavy atom. The summed E-state index contributed by atoms with van der Waals surface area (Å²) in [6, 6.07) is 8.42. The number of nitro benzene ring substituents is 1. The van der Waals surface area contributed by atoms with E-state index >= 15 is 0 Å². The van der Waals surface area contributed by atoms with Gasteiger partial charge in [0.05, 0.1) is 20.0 Å². The number of amides is 1. The van der Waals surface area contributed by atoms with Gasteiger partial charge in [-0.1, -0.05) is 34.8 Å². The fourth-order valence-electron chi connectivity index (χ4n) is 1.79. The Morgan fingerprint density at radius 1 is 1.12 bits per heavy atom. The number of non-ortho nitro benzene ring substituents is 1. The number of benzene rings is 2. The van der Waals surface area contributed by atoms with E-state index in [0.29, 0.717) is 5.69 Å². The van der Waals surface area contributed by atoms with E-state index in [-0.39, 0.29) is 39.0 Å². The van der Waals surface area contributed by atoms with Gasteiger partial charge in [0.1, 0.15) is 5.75 Å². The van der Waals surface area contributed by atoms with Crippen LogP contribution in [0.4, 0.5) is 11.4 Å². The van der Waals surface area contributed by atoms with Crippen molar-refractivity contribution in [3.05, 3.63) is 61.6 Å². The van der Waals surface area contributed by atoms with Crippen LogP contribution in [0.5, 0.6) is 5.75 Å². The lowest BCUT2D eigenvalue weighted by Crippen LogP contribution is -2.31. The average molecular weight is 390 g/mol. The third kappa shape index (κ3) is 4.29. The molecule has 2 rings (SSSR count). The molecule has 0 aliphatic heterocycles. The summed E-state index contributed by atoms with van der Waals surface area (Å²) in [6.45, 7) is -0.287. The number of rotatable bonds is 5. The van der Waals surface area contributed by atoms with Crippen molar-refractivity contribution in [1.29, 1.82) is 0 Å². The highest BCUT2D eigenvalue weighted by Gasteiger charge is 2.15. The van der Waals surface area contributed by atoms with Crippen LogP contribution >= 0.6 is 34.8 Å². The minimum absolute atomic E-state index is 0.0570. The number of ether oxygens (including phenoxy) is 1. The maximum Gasteiger partial charge on any atom is 0.269 e. The molecule has 24 heavy (non-hydrogen) atoms. The molecule has 0 aliphatic rings. The minimum Gasteiger partial charge on any atom is -0.482 e. The van der Waals surface area contributed by atoms with E-state index in [0.717, 1.165) is 0 Å². The molecule has 0 spiro atoms. The summed E-state index contributed by atoms with van der Waals surface area (Å²) >= 11 is 17.7. The first-order valence-corrected chi connectivity index (χ1v) is 7.71. The molecule has 0 fully saturated rings. The highest BCUT2D eigenvalue weighted by molar-refractivity contribution is 6.43. The summed E-state index contributed by atoms with van der Waals surface area (Å²) in [5.41, 5.74) is 0.438. The molecular formula is C15H11Cl3N2O4. The molecule has 0 saturated carbocycles. The molecule has 0 bridgehead atoms. The molecule has 1 amide bonds. The number of hydrogen-bond donors (Lipinski definition) is 0. The number of halogens is 3. The average Bonchev–Trinajstić information content (AvgIpc) is 2.56. The summed E-state index contributed by atoms with van der Waals surface area (Å²) < 4.78 is 5.36. The zero-order chi connectivity index (χ0) is 17.9. The van der Waals surface area contributed by atoms with Crippen LogP contribution in [0.1, 0.15) is 0 Å². The Kier molecular flexibility index (Phi) is 5.88. The molecule has 9 heteroatoms. The Balaban J connectivity index is 2.04. The summed E-state index contributed by atoms with van der Waals surface area (Å²) in [5.74, 6) is -0.137. The van der Waals surface area contributed by atoms with Crippen LogP contribution in [-0.4, -0.2) is 24.5 Å². The van der Waals surface area contributed by atoms with Gasteiger partial charge in [0.15, 0.2) is 6.61 Å². The summed E-state index contributed by atoms with van der Waals surface area (Å²) in [4.78, 5) is 23.6. The highest BCUT2D eigenvalue weighted by atomic mass is 35.5. The third-order valence-corrected chi connectivity index (χ3v) is 4.17. The normalized spacial score (nSPS) is 10.3. The minimum atomic E-state index is -0.513. The molecule has 0 N–H and O–H groups in total. The standard InChI is InChI=1S/C15H11Cl3N2O4/c1-19(9-2-4-10(5-3-9)20(22)23)15(21)8-24-14-7-12(17)11(16)6-13(14)18/h2-7H,8H2,1H3. The molecule has 0 saturated heterocycles. The van der Waals surface area contributed by atoms with E-state index in [1.54, 1.807) is 0 Å². The van der Waals surface area contributed by atoms with Gasteiger partial charge in [-0.2, -0.15) is 0 Å². The summed E-state index contributed by atoms with van der Waals surface area (Å²) in [5, 5.41) is 11.4. The van der Waals surface area contributed by atoms with E-state index in [1.165, 1.54) is 48.3 Å². The van der Waals surface area contributed by atoms with E-state index < -0.39 is 4.92 Å². The van der Waals surface area contributed by atoms with Crippen LogP contribution in [-0.2, 0) is 4.79 Å². The van der Waals surface area contributed by atoms with Crippen molar-refractivity contribution in [1.82, 2.24) is 0 Å². The molecule has 2 aromatic rings. The number of anilines is 1. The Hall–Kier alpha value is -2.02. The quantitative estimate of drug-likeness (QED) is 0.426. The van der Waals surface area contributed by atoms with Crippen molar-refractivity contribution in [3.63, 3.8) is 0 Å². The van der Waals surface area contributed by atoms with Gasteiger partial charge in [-0.3, -0.25) is 14.9 Å². The van der Waals surface area contributed by atoms with E-state index in [2.05, 4.69) is 0 Å². The molecular weight excluding hydrogens is 379 g/mol. The van der Waals surface area contributed by atoms with Crippen LogP contribution in [0, 0.1) is 10.1 Å². The van der Waals surface area contributed by atoms with Gasteiger partial charge >= 0.3 is 0 Å². The largest absolute Gasteiger partial charge is 0.482 e. The van der Waals surface area contributed by atoms with E-state index in [9.17, 15) is 14.9 Å². The molecule has 126 valence electrons. The van der Waals surface area contributed by atoms with Crippen molar-refractivity contribution in [2.45, 2.75) is 0 Å². The number of likely N-dealkylation sites (N-methyl/N-ethyl adjacent to an activating group) is 1. The molecule has 0 radical (unpaired) electrons. The van der Waals surface area contributed by atoms with E-state index in [4.69, 9.17) is 39.5 Å². The Bertz CT molecular complexity index is 781. The zero-order valence-corrected chi connectivity index (χ0v) is 14.6. The smallest absolute Gasteiger partial charge is 0.269 e. The fraction of sp³-hybridized carbons (Fsp3) is 0.133. The van der Waals surface area contributed by atoms with Crippen LogP contribution in [0.15, 0.2) is 36.4 Å². The first-order chi connectivity index (χ1) is 11.3. The maximum absolute atomic E-state index is 12.2. The number of carbonyl (C=O) groups excluding carboxylic acids is 1. The van der Waals surface area contributed by atoms with Gasteiger partial charge in [-0.15, -0.1) is 0 Å². The van der Waals surface area contributed by atoms with Gasteiger partial charge in [0, 0.05) is 30.9 Å². The Labute approximate surface area is 152 Å². The first kappa shape index (κ1) is 18.3. The predicted molar refractivity (Wildman–Crippen MR) is 93.5 cm³/mol. The monoisotopic (exact) mass is 388 g/mol. The third-order valence-electron chi connectivity index (χ3n) is 3.15. The van der Waals surface area contributed by atoms with Crippen LogP contribution < -0.4 is 9.64 Å². The second-order valence-corrected chi connectivity index (χ2v) is 5.93. The number of nitro groups is 1. The van der Waals surface area contributed by atoms with Gasteiger partial charge in [0.25, 0.3) is 11.6 Å². The lowest BCUT2D eigenvalue weighted by Gasteiger charge is -2.18. The van der Waals surface area contributed by atoms with Crippen LogP contribution in [0.3, 0.4) is 0 Å². The number of nitrogens with zero attached hydrogens (tertiary/aromatic N) is 2. The first-order valence-electron chi connectivity index (χ1n) is 6.58. The van der Waals surface area contributed by atoms with Crippen LogP contribution in [0.2, 0.25) is 15.1 Å². The van der Waals surface area contributed by atoms with Gasteiger partial charge in [0.2, 0.25) is 0 Å². The molecule has 6 nitrogen and oxygen atoms in total. The molecule has 0 unspecified atom stereocenters. The highest BCUT2D eigenvalue weighted by Crippen LogP contribution is 2.33. The Morgan fingerprint density at radius 3 is 2.29 bits per heavy atom. The zero-order valence-electron chi connectivity index (χ0n) is 12.3. The molecule has 0 atom stereocenters. The molecule has 0 aromatic heterocycles. The van der Waals surface area contributed by atoms with Crippen molar-refractivity contribution < 1.29 is 14.5 Å². The van der Waals surface area contributed by atoms with Gasteiger partial charge < -0.3 is 9.64 Å². The van der Waals surface area contributed by atoms with Gasteiger partial charge in [-0.25, -0.2) is 0 Å². The van der Waals surface area contributed by atoms with Crippen molar-refractivity contribution in [3.8, 4) is 5.75 Å². The second kappa shape index (κ2) is 7.70. The second-order valence-electron chi connectivity index (χ2n) is 4.71. The van der Waals surface area contributed by atoms with Crippen molar-refractivity contribution in [2.75, 3.05) is 18.6 Å². The lowest BCUT2D eigenvalue weighted by molar-refractivity contribution is -0.384. The molecule has 2 aromatic carbocycles. The number of hydrogen-bond acceptors (Lipinski definition) is 4. The molecule has 0 aliphatic carbocycles. The van der Waals surface area contributed by atoms with Crippen molar-refractivity contribution >= 4 is 52.1 Å². The van der Waals surface area contributed by atoms with Crippen molar-refractivity contribution in [2.24, 2.45) is 0 Å². The topological polar surface area (TPSA) is 72.7 Å². The summed E-state index contributed by atoms with van der Waals surface area (Å²) in [6.07, 6.45) is 0. The fourth-order valence-corrected chi connectivity index (χ4v) is 2.38. The lowest BCUT2D eigenvalue weighted by atomic mass is 10.2. The van der Waals surface area contributed by atoms with E-state index in [1.807, 2.05) is 0 Å². The predicted octanol–water partition coefficient (Wildman–Crippen LogP) is 4.60.